The Kier molecular flexibility index (Phi) is 7.65. The molecule has 1 aliphatic heterocycles. The zero-order valence-electron chi connectivity index (χ0n) is 19.2. The second kappa shape index (κ2) is 9.91. The van der Waals surface area contributed by atoms with Crippen LogP contribution >= 0.6 is 11.6 Å². The lowest BCUT2D eigenvalue weighted by Crippen LogP contribution is -2.35. The highest BCUT2D eigenvalue weighted by molar-refractivity contribution is 7.89. The molecule has 8 heteroatoms. The molecule has 1 heterocycles. The van der Waals surface area contributed by atoms with Crippen molar-refractivity contribution in [2.45, 2.75) is 51.0 Å². The van der Waals surface area contributed by atoms with E-state index in [1.165, 1.54) is 40.6 Å². The van der Waals surface area contributed by atoms with Crippen molar-refractivity contribution in [3.63, 3.8) is 0 Å². The number of benzene rings is 2. The van der Waals surface area contributed by atoms with Crippen LogP contribution in [0.1, 0.15) is 45.2 Å². The largest absolute Gasteiger partial charge is 0.325 e. The van der Waals surface area contributed by atoms with Gasteiger partial charge in [-0.05, 0) is 47.7 Å². The fourth-order valence-electron chi connectivity index (χ4n) is 3.81. The van der Waals surface area contributed by atoms with E-state index in [0.717, 1.165) is 19.5 Å². The van der Waals surface area contributed by atoms with E-state index in [2.05, 4.69) is 55.3 Å². The highest BCUT2D eigenvalue weighted by Gasteiger charge is 2.27. The predicted octanol–water partition coefficient (Wildman–Crippen LogP) is 4.49. The summed E-state index contributed by atoms with van der Waals surface area (Å²) in [6.07, 6.45) is 0.761. The number of hydrogen-bond acceptors (Lipinski definition) is 4. The van der Waals surface area contributed by atoms with Crippen molar-refractivity contribution >= 4 is 33.2 Å². The SMILES string of the molecule is CC(=O)Nc1ccc(S(=O)(=O)N2CCCN(Cc3ccc(C(C)(C)C)cc3)CC2)cc1Cl. The third-order valence-electron chi connectivity index (χ3n) is 5.66. The average molecular weight is 478 g/mol. The number of rotatable bonds is 5. The molecule has 1 saturated heterocycles. The van der Waals surface area contributed by atoms with Crippen molar-refractivity contribution in [1.29, 1.82) is 0 Å². The van der Waals surface area contributed by atoms with Crippen molar-refractivity contribution in [3.8, 4) is 0 Å². The van der Waals surface area contributed by atoms with E-state index in [4.69, 9.17) is 11.6 Å². The van der Waals surface area contributed by atoms with Crippen molar-refractivity contribution in [2.75, 3.05) is 31.5 Å². The monoisotopic (exact) mass is 477 g/mol. The predicted molar refractivity (Wildman–Crippen MR) is 130 cm³/mol. The number of amides is 1. The van der Waals surface area contributed by atoms with Crippen molar-refractivity contribution in [1.82, 2.24) is 9.21 Å². The van der Waals surface area contributed by atoms with E-state index in [1.54, 1.807) is 0 Å². The lowest BCUT2D eigenvalue weighted by molar-refractivity contribution is -0.114. The van der Waals surface area contributed by atoms with E-state index in [0.29, 0.717) is 25.3 Å². The maximum absolute atomic E-state index is 13.2. The summed E-state index contributed by atoms with van der Waals surface area (Å²) < 4.78 is 27.9. The Labute approximate surface area is 196 Å². The summed E-state index contributed by atoms with van der Waals surface area (Å²) >= 11 is 6.20. The van der Waals surface area contributed by atoms with E-state index in [9.17, 15) is 13.2 Å². The quantitative estimate of drug-likeness (QED) is 0.688. The van der Waals surface area contributed by atoms with Gasteiger partial charge in [0.2, 0.25) is 15.9 Å². The number of carbonyl (C=O) groups excluding carboxylic acids is 1. The molecule has 0 bridgehead atoms. The molecular weight excluding hydrogens is 446 g/mol. The molecule has 1 aliphatic rings. The molecule has 0 aliphatic carbocycles. The number of nitrogens with one attached hydrogen (secondary N) is 1. The van der Waals surface area contributed by atoms with Crippen molar-refractivity contribution < 1.29 is 13.2 Å². The molecule has 0 spiro atoms. The highest BCUT2D eigenvalue weighted by Crippen LogP contribution is 2.28. The molecule has 2 aromatic rings. The van der Waals surface area contributed by atoms with Crippen LogP contribution in [-0.4, -0.2) is 49.7 Å². The molecule has 0 radical (unpaired) electrons. The standard InChI is InChI=1S/C24H32ClN3O3S/c1-18(29)26-23-11-10-21(16-22(23)25)32(30,31)28-13-5-12-27(14-15-28)17-19-6-8-20(9-7-19)24(2,3)4/h6-11,16H,5,12-15,17H2,1-4H3,(H,26,29). The third-order valence-corrected chi connectivity index (χ3v) is 7.87. The summed E-state index contributed by atoms with van der Waals surface area (Å²) in [6.45, 7) is 11.2. The van der Waals surface area contributed by atoms with E-state index in [-0.39, 0.29) is 21.2 Å². The Morgan fingerprint density at radius 3 is 2.31 bits per heavy atom. The smallest absolute Gasteiger partial charge is 0.243 e. The summed E-state index contributed by atoms with van der Waals surface area (Å²) in [5.74, 6) is -0.261. The van der Waals surface area contributed by atoms with Crippen molar-refractivity contribution in [3.05, 3.63) is 58.6 Å². The first kappa shape index (κ1) is 24.7. The molecule has 2 aromatic carbocycles. The Bertz CT molecular complexity index is 1060. The number of hydrogen-bond donors (Lipinski definition) is 1. The molecule has 0 saturated carbocycles. The first-order valence-corrected chi connectivity index (χ1v) is 12.7. The fraction of sp³-hybridized carbons (Fsp3) is 0.458. The number of halogens is 1. The van der Waals surface area contributed by atoms with E-state index in [1.807, 2.05) is 0 Å². The van der Waals surface area contributed by atoms with Gasteiger partial charge in [0.25, 0.3) is 0 Å². The minimum Gasteiger partial charge on any atom is -0.325 e. The van der Waals surface area contributed by atoms with Gasteiger partial charge in [-0.1, -0.05) is 56.6 Å². The zero-order chi connectivity index (χ0) is 23.5. The van der Waals surface area contributed by atoms with Crippen LogP contribution in [0.5, 0.6) is 0 Å². The van der Waals surface area contributed by atoms with Gasteiger partial charge < -0.3 is 5.32 Å². The first-order valence-electron chi connectivity index (χ1n) is 10.9. The minimum atomic E-state index is -3.66. The maximum atomic E-state index is 13.2. The van der Waals surface area contributed by atoms with Crippen LogP contribution in [-0.2, 0) is 26.8 Å². The molecule has 1 N–H and O–H groups in total. The molecule has 0 atom stereocenters. The summed E-state index contributed by atoms with van der Waals surface area (Å²) in [5, 5.41) is 2.80. The van der Waals surface area contributed by atoms with Gasteiger partial charge >= 0.3 is 0 Å². The van der Waals surface area contributed by atoms with Crippen LogP contribution in [0.25, 0.3) is 0 Å². The van der Waals surface area contributed by atoms with Gasteiger partial charge in [-0.2, -0.15) is 4.31 Å². The van der Waals surface area contributed by atoms with Gasteiger partial charge in [0.1, 0.15) is 0 Å². The van der Waals surface area contributed by atoms with Gasteiger partial charge in [0.15, 0.2) is 0 Å². The Hall–Kier alpha value is -1.93. The van der Waals surface area contributed by atoms with Gasteiger partial charge in [0.05, 0.1) is 15.6 Å². The second-order valence-electron chi connectivity index (χ2n) is 9.30. The Balaban J connectivity index is 1.66. The number of anilines is 1. The highest BCUT2D eigenvalue weighted by atomic mass is 35.5. The number of nitrogens with zero attached hydrogens (tertiary/aromatic N) is 2. The van der Waals surface area contributed by atoms with Crippen LogP contribution < -0.4 is 5.32 Å². The lowest BCUT2D eigenvalue weighted by atomic mass is 9.87. The topological polar surface area (TPSA) is 69.7 Å². The Morgan fingerprint density at radius 2 is 1.72 bits per heavy atom. The zero-order valence-corrected chi connectivity index (χ0v) is 20.8. The van der Waals surface area contributed by atoms with Crippen LogP contribution in [0.3, 0.4) is 0 Å². The van der Waals surface area contributed by atoms with Gasteiger partial charge in [-0.25, -0.2) is 8.42 Å². The normalized spacial score (nSPS) is 16.5. The molecule has 1 fully saturated rings. The summed E-state index contributed by atoms with van der Waals surface area (Å²) in [4.78, 5) is 13.7. The maximum Gasteiger partial charge on any atom is 0.243 e. The van der Waals surface area contributed by atoms with E-state index < -0.39 is 10.0 Å². The lowest BCUT2D eigenvalue weighted by Gasteiger charge is -2.23. The van der Waals surface area contributed by atoms with Crippen LogP contribution in [0, 0.1) is 0 Å². The molecule has 174 valence electrons. The van der Waals surface area contributed by atoms with E-state index >= 15 is 0 Å². The Morgan fingerprint density at radius 1 is 1.03 bits per heavy atom. The van der Waals surface area contributed by atoms with Gasteiger partial charge in [-0.3, -0.25) is 9.69 Å². The fourth-order valence-corrected chi connectivity index (χ4v) is 5.60. The third kappa shape index (κ3) is 6.10. The van der Waals surface area contributed by atoms with Crippen LogP contribution in [0.4, 0.5) is 5.69 Å². The first-order chi connectivity index (χ1) is 15.0. The molecular formula is C24H32ClN3O3S. The minimum absolute atomic E-state index is 0.124. The van der Waals surface area contributed by atoms with Crippen molar-refractivity contribution in [2.24, 2.45) is 0 Å². The van der Waals surface area contributed by atoms with Gasteiger partial charge in [0, 0.05) is 33.1 Å². The van der Waals surface area contributed by atoms with Crippen LogP contribution in [0.2, 0.25) is 5.02 Å². The molecule has 0 aromatic heterocycles. The van der Waals surface area contributed by atoms with Crippen LogP contribution in [0.15, 0.2) is 47.4 Å². The molecule has 6 nitrogen and oxygen atoms in total. The summed E-state index contributed by atoms with van der Waals surface area (Å²) in [5.41, 5.74) is 3.06. The molecule has 32 heavy (non-hydrogen) atoms. The summed E-state index contributed by atoms with van der Waals surface area (Å²) in [6, 6.07) is 13.1. The molecule has 0 unspecified atom stereocenters. The molecule has 1 amide bonds. The van der Waals surface area contributed by atoms with Gasteiger partial charge in [-0.15, -0.1) is 0 Å². The summed E-state index contributed by atoms with van der Waals surface area (Å²) in [7, 11) is -3.66. The number of sulfonamides is 1. The average Bonchev–Trinajstić information content (AvgIpc) is 2.95. The number of carbonyl (C=O) groups is 1. The second-order valence-corrected chi connectivity index (χ2v) is 11.6. The molecule has 3 rings (SSSR count).